The van der Waals surface area contributed by atoms with Crippen LogP contribution in [0.15, 0.2) is 42.5 Å². The highest BCUT2D eigenvalue weighted by molar-refractivity contribution is 6.36. The Balaban J connectivity index is 2.11. The third-order valence-corrected chi connectivity index (χ3v) is 3.29. The summed E-state index contributed by atoms with van der Waals surface area (Å²) in [7, 11) is 0. The van der Waals surface area contributed by atoms with Gasteiger partial charge in [-0.15, -0.1) is 0 Å². The standard InChI is InChI=1S/C14H8ClNO3/c15-11-7-8(5-6-12(11)17)16-13(18)9-3-1-2-4-10(9)14(16)19/h1-7,17H. The highest BCUT2D eigenvalue weighted by Crippen LogP contribution is 2.32. The second-order valence-electron chi connectivity index (χ2n) is 4.13. The Hall–Kier alpha value is -2.33. The van der Waals surface area contributed by atoms with Crippen LogP contribution in [0.2, 0.25) is 5.02 Å². The average Bonchev–Trinajstić information content (AvgIpc) is 2.66. The SMILES string of the molecule is O=C1c2ccccc2C(=O)N1c1ccc(O)c(Cl)c1. The molecule has 0 saturated heterocycles. The first-order valence-electron chi connectivity index (χ1n) is 5.56. The second-order valence-corrected chi connectivity index (χ2v) is 4.53. The van der Waals surface area contributed by atoms with Gasteiger partial charge in [-0.25, -0.2) is 4.90 Å². The molecular formula is C14H8ClNO3. The van der Waals surface area contributed by atoms with Crippen molar-refractivity contribution >= 4 is 29.1 Å². The molecule has 0 atom stereocenters. The minimum Gasteiger partial charge on any atom is -0.506 e. The first-order valence-corrected chi connectivity index (χ1v) is 5.94. The summed E-state index contributed by atoms with van der Waals surface area (Å²) in [4.78, 5) is 25.5. The van der Waals surface area contributed by atoms with Crippen LogP contribution in [-0.2, 0) is 0 Å². The fourth-order valence-corrected chi connectivity index (χ4v) is 2.23. The van der Waals surface area contributed by atoms with Crippen LogP contribution in [0.1, 0.15) is 20.7 Å². The van der Waals surface area contributed by atoms with Crippen molar-refractivity contribution in [3.8, 4) is 5.75 Å². The molecule has 0 radical (unpaired) electrons. The van der Waals surface area contributed by atoms with Crippen molar-refractivity contribution in [2.24, 2.45) is 0 Å². The molecule has 3 rings (SSSR count). The number of nitrogens with zero attached hydrogens (tertiary/aromatic N) is 1. The quantitative estimate of drug-likeness (QED) is 0.813. The highest BCUT2D eigenvalue weighted by atomic mass is 35.5. The summed E-state index contributed by atoms with van der Waals surface area (Å²) in [5.74, 6) is -0.869. The molecule has 0 saturated carbocycles. The number of halogens is 1. The van der Waals surface area contributed by atoms with Gasteiger partial charge in [0, 0.05) is 0 Å². The fourth-order valence-electron chi connectivity index (χ4n) is 2.06. The Morgan fingerprint density at radius 1 is 0.947 bits per heavy atom. The van der Waals surface area contributed by atoms with Gasteiger partial charge in [-0.05, 0) is 30.3 Å². The Bertz CT molecular complexity index is 677. The predicted octanol–water partition coefficient (Wildman–Crippen LogP) is 2.85. The summed E-state index contributed by atoms with van der Waals surface area (Å²) < 4.78 is 0. The number of benzene rings is 2. The molecule has 2 aromatic carbocycles. The Labute approximate surface area is 113 Å². The van der Waals surface area contributed by atoms with Gasteiger partial charge in [-0.1, -0.05) is 23.7 Å². The maximum Gasteiger partial charge on any atom is 0.266 e. The Kier molecular flexibility index (Phi) is 2.54. The van der Waals surface area contributed by atoms with E-state index < -0.39 is 0 Å². The number of hydrogen-bond donors (Lipinski definition) is 1. The number of anilines is 1. The fraction of sp³-hybridized carbons (Fsp3) is 0. The molecule has 0 aliphatic carbocycles. The number of fused-ring (bicyclic) bond motifs is 1. The number of aromatic hydroxyl groups is 1. The summed E-state index contributed by atoms with van der Waals surface area (Å²) in [6.45, 7) is 0. The molecule has 2 amide bonds. The summed E-state index contributed by atoms with van der Waals surface area (Å²) in [5.41, 5.74) is 1.09. The zero-order valence-electron chi connectivity index (χ0n) is 9.63. The van der Waals surface area contributed by atoms with E-state index in [1.807, 2.05) is 0 Å². The molecule has 4 nitrogen and oxygen atoms in total. The number of carbonyl (C=O) groups is 2. The monoisotopic (exact) mass is 273 g/mol. The van der Waals surface area contributed by atoms with Crippen LogP contribution in [-0.4, -0.2) is 16.9 Å². The topological polar surface area (TPSA) is 57.6 Å². The summed E-state index contributed by atoms with van der Waals surface area (Å²) >= 11 is 5.80. The van der Waals surface area contributed by atoms with Gasteiger partial charge in [-0.3, -0.25) is 9.59 Å². The smallest absolute Gasteiger partial charge is 0.266 e. The maximum atomic E-state index is 12.2. The number of hydrogen-bond acceptors (Lipinski definition) is 3. The molecule has 1 aliphatic rings. The normalized spacial score (nSPS) is 13.8. The lowest BCUT2D eigenvalue weighted by Crippen LogP contribution is -2.29. The van der Waals surface area contributed by atoms with Crippen LogP contribution in [0, 0.1) is 0 Å². The van der Waals surface area contributed by atoms with Gasteiger partial charge in [0.2, 0.25) is 0 Å². The van der Waals surface area contributed by atoms with Crippen molar-refractivity contribution in [2.75, 3.05) is 4.90 Å². The minimum atomic E-state index is -0.387. The van der Waals surface area contributed by atoms with Crippen molar-refractivity contribution in [1.82, 2.24) is 0 Å². The summed E-state index contributed by atoms with van der Waals surface area (Å²) in [5, 5.41) is 9.46. The number of phenolic OH excluding ortho intramolecular Hbond substituents is 1. The van der Waals surface area contributed by atoms with E-state index in [4.69, 9.17) is 11.6 Å². The lowest BCUT2D eigenvalue weighted by atomic mass is 10.1. The van der Waals surface area contributed by atoms with Gasteiger partial charge in [0.05, 0.1) is 21.8 Å². The van der Waals surface area contributed by atoms with Crippen LogP contribution >= 0.6 is 11.6 Å². The van der Waals surface area contributed by atoms with Gasteiger partial charge in [-0.2, -0.15) is 0 Å². The maximum absolute atomic E-state index is 12.2. The second kappa shape index (κ2) is 4.10. The van der Waals surface area contributed by atoms with Gasteiger partial charge in [0.25, 0.3) is 11.8 Å². The van der Waals surface area contributed by atoms with E-state index in [1.165, 1.54) is 18.2 Å². The lowest BCUT2D eigenvalue weighted by molar-refractivity contribution is 0.0926. The van der Waals surface area contributed by atoms with Gasteiger partial charge in [0.15, 0.2) is 0 Å². The van der Waals surface area contributed by atoms with Crippen molar-refractivity contribution in [3.05, 3.63) is 58.6 Å². The molecule has 94 valence electrons. The third kappa shape index (κ3) is 1.69. The van der Waals surface area contributed by atoms with Crippen LogP contribution < -0.4 is 4.90 Å². The van der Waals surface area contributed by atoms with E-state index in [2.05, 4.69) is 0 Å². The Morgan fingerprint density at radius 3 is 2.05 bits per heavy atom. The molecule has 19 heavy (non-hydrogen) atoms. The van der Waals surface area contributed by atoms with E-state index in [0.717, 1.165) is 4.90 Å². The van der Waals surface area contributed by atoms with Gasteiger partial charge in [0.1, 0.15) is 5.75 Å². The third-order valence-electron chi connectivity index (χ3n) is 2.98. The highest BCUT2D eigenvalue weighted by Gasteiger charge is 2.36. The molecule has 0 spiro atoms. The van der Waals surface area contributed by atoms with Crippen LogP contribution in [0.3, 0.4) is 0 Å². The van der Waals surface area contributed by atoms with E-state index >= 15 is 0 Å². The molecule has 0 aromatic heterocycles. The van der Waals surface area contributed by atoms with Crippen molar-refractivity contribution in [3.63, 3.8) is 0 Å². The Morgan fingerprint density at radius 2 is 1.53 bits per heavy atom. The van der Waals surface area contributed by atoms with Crippen molar-refractivity contribution in [2.45, 2.75) is 0 Å². The van der Waals surface area contributed by atoms with Crippen molar-refractivity contribution < 1.29 is 14.7 Å². The molecule has 0 bridgehead atoms. The molecule has 1 N–H and O–H groups in total. The molecular weight excluding hydrogens is 266 g/mol. The van der Waals surface area contributed by atoms with E-state index in [1.54, 1.807) is 24.3 Å². The molecule has 1 aliphatic heterocycles. The number of rotatable bonds is 1. The molecule has 0 unspecified atom stereocenters. The van der Waals surface area contributed by atoms with Crippen LogP contribution in [0.25, 0.3) is 0 Å². The average molecular weight is 274 g/mol. The molecule has 0 fully saturated rings. The van der Waals surface area contributed by atoms with Gasteiger partial charge < -0.3 is 5.11 Å². The zero-order chi connectivity index (χ0) is 13.6. The van der Waals surface area contributed by atoms with Gasteiger partial charge >= 0.3 is 0 Å². The number of phenols is 1. The lowest BCUT2D eigenvalue weighted by Gasteiger charge is -2.14. The van der Waals surface area contributed by atoms with Crippen molar-refractivity contribution in [1.29, 1.82) is 0 Å². The predicted molar refractivity (Wildman–Crippen MR) is 70.7 cm³/mol. The van der Waals surface area contributed by atoms with E-state index in [-0.39, 0.29) is 22.6 Å². The number of carbonyl (C=O) groups excluding carboxylic acids is 2. The van der Waals surface area contributed by atoms with Crippen LogP contribution in [0.5, 0.6) is 5.75 Å². The first kappa shape index (κ1) is 11.7. The molecule has 5 heteroatoms. The summed E-state index contributed by atoms with van der Waals surface area (Å²) in [6, 6.07) is 10.8. The number of amides is 2. The van der Waals surface area contributed by atoms with Crippen LogP contribution in [0.4, 0.5) is 5.69 Å². The minimum absolute atomic E-state index is 0.0917. The van der Waals surface area contributed by atoms with E-state index in [0.29, 0.717) is 16.8 Å². The zero-order valence-corrected chi connectivity index (χ0v) is 10.4. The largest absolute Gasteiger partial charge is 0.506 e. The molecule has 1 heterocycles. The number of imide groups is 1. The molecule has 2 aromatic rings. The summed E-state index contributed by atoms with van der Waals surface area (Å²) in [6.07, 6.45) is 0. The first-order chi connectivity index (χ1) is 9.09. The van der Waals surface area contributed by atoms with E-state index in [9.17, 15) is 14.7 Å².